The van der Waals surface area contributed by atoms with Crippen molar-refractivity contribution < 1.29 is 22.4 Å². The molecule has 0 aliphatic rings. The van der Waals surface area contributed by atoms with Crippen LogP contribution in [0.1, 0.15) is 21.5 Å². The largest absolute Gasteiger partial charge is 0.419 e. The Bertz CT molecular complexity index is 713. The Morgan fingerprint density at radius 1 is 1.10 bits per heavy atom. The number of hydrogen-bond acceptors (Lipinski definition) is 2. The molecule has 0 atom stereocenters. The second-order valence-electron chi connectivity index (χ2n) is 4.26. The minimum absolute atomic E-state index is 0.00870. The molecule has 2 aromatic rings. The van der Waals surface area contributed by atoms with Crippen LogP contribution < -0.4 is 5.73 Å². The van der Waals surface area contributed by atoms with Gasteiger partial charge in [0.25, 0.3) is 0 Å². The fourth-order valence-electron chi connectivity index (χ4n) is 1.75. The third-order valence-corrected chi connectivity index (χ3v) is 3.08. The maximum absolute atomic E-state index is 13.2. The van der Waals surface area contributed by atoms with Crippen molar-refractivity contribution in [1.29, 1.82) is 0 Å². The van der Waals surface area contributed by atoms with E-state index >= 15 is 0 Å². The van der Waals surface area contributed by atoms with Crippen molar-refractivity contribution in [1.82, 2.24) is 0 Å². The molecule has 2 N–H and O–H groups in total. The minimum atomic E-state index is -4.88. The number of rotatable bonds is 2. The summed E-state index contributed by atoms with van der Waals surface area (Å²) >= 11 is 5.84. The van der Waals surface area contributed by atoms with Gasteiger partial charge in [0, 0.05) is 16.8 Å². The summed E-state index contributed by atoms with van der Waals surface area (Å²) in [6, 6.07) is 6.04. The maximum Gasteiger partial charge on any atom is 0.419 e. The first-order valence-electron chi connectivity index (χ1n) is 5.66. The van der Waals surface area contributed by atoms with Crippen molar-refractivity contribution in [2.45, 2.75) is 6.18 Å². The van der Waals surface area contributed by atoms with Gasteiger partial charge in [-0.3, -0.25) is 4.79 Å². The summed E-state index contributed by atoms with van der Waals surface area (Å²) < 4.78 is 51.1. The van der Waals surface area contributed by atoms with Crippen LogP contribution in [0.2, 0.25) is 5.02 Å². The highest BCUT2D eigenvalue weighted by atomic mass is 35.5. The number of ketones is 1. The van der Waals surface area contributed by atoms with Gasteiger partial charge in [0.15, 0.2) is 5.78 Å². The molecular formula is C14H8ClF4NO. The summed E-state index contributed by atoms with van der Waals surface area (Å²) in [7, 11) is 0. The number of alkyl halides is 3. The van der Waals surface area contributed by atoms with Crippen molar-refractivity contribution in [3.05, 3.63) is 63.9 Å². The molecule has 0 aliphatic heterocycles. The molecule has 7 heteroatoms. The summed E-state index contributed by atoms with van der Waals surface area (Å²) in [5.74, 6) is -2.19. The molecule has 0 saturated carbocycles. The van der Waals surface area contributed by atoms with E-state index in [2.05, 4.69) is 0 Å². The van der Waals surface area contributed by atoms with E-state index in [-0.39, 0.29) is 16.1 Å². The first-order chi connectivity index (χ1) is 9.70. The zero-order valence-electron chi connectivity index (χ0n) is 10.3. The van der Waals surface area contributed by atoms with Gasteiger partial charge in [0.1, 0.15) is 5.82 Å². The molecule has 0 aromatic heterocycles. The molecule has 0 radical (unpaired) electrons. The molecule has 0 bridgehead atoms. The van der Waals surface area contributed by atoms with Gasteiger partial charge < -0.3 is 5.73 Å². The normalized spacial score (nSPS) is 11.5. The summed E-state index contributed by atoms with van der Waals surface area (Å²) in [4.78, 5) is 12.2. The van der Waals surface area contributed by atoms with Crippen LogP contribution in [-0.4, -0.2) is 5.78 Å². The maximum atomic E-state index is 13.2. The van der Waals surface area contributed by atoms with Crippen molar-refractivity contribution >= 4 is 23.1 Å². The van der Waals surface area contributed by atoms with Gasteiger partial charge in [-0.25, -0.2) is 4.39 Å². The first-order valence-corrected chi connectivity index (χ1v) is 6.04. The molecule has 2 nitrogen and oxygen atoms in total. The smallest absolute Gasteiger partial charge is 0.399 e. The van der Waals surface area contributed by atoms with Crippen LogP contribution in [-0.2, 0) is 6.18 Å². The number of anilines is 1. The van der Waals surface area contributed by atoms with E-state index in [1.54, 1.807) is 0 Å². The number of nitrogen functional groups attached to an aromatic ring is 1. The van der Waals surface area contributed by atoms with Crippen LogP contribution in [0, 0.1) is 5.82 Å². The van der Waals surface area contributed by atoms with Crippen LogP contribution in [0.25, 0.3) is 0 Å². The van der Waals surface area contributed by atoms with Crippen molar-refractivity contribution in [2.24, 2.45) is 0 Å². The molecule has 110 valence electrons. The highest BCUT2D eigenvalue weighted by Gasteiger charge is 2.34. The van der Waals surface area contributed by atoms with Gasteiger partial charge in [0.2, 0.25) is 0 Å². The standard InChI is InChI=1S/C14H8ClF4NO/c15-11-6-8(20)2-3-9(11)13(21)7-1-4-12(16)10(5-7)14(17,18)19/h1-6H,20H2. The molecular weight excluding hydrogens is 310 g/mol. The third-order valence-electron chi connectivity index (χ3n) is 2.77. The third kappa shape index (κ3) is 3.16. The monoisotopic (exact) mass is 317 g/mol. The van der Waals surface area contributed by atoms with Gasteiger partial charge in [-0.15, -0.1) is 0 Å². The Hall–Kier alpha value is -2.08. The van der Waals surface area contributed by atoms with E-state index in [9.17, 15) is 22.4 Å². The van der Waals surface area contributed by atoms with Gasteiger partial charge in [-0.05, 0) is 36.4 Å². The summed E-state index contributed by atoms with van der Waals surface area (Å²) in [6.45, 7) is 0. The Balaban J connectivity index is 2.49. The van der Waals surface area contributed by atoms with E-state index in [4.69, 9.17) is 17.3 Å². The SMILES string of the molecule is Nc1ccc(C(=O)c2ccc(F)c(C(F)(F)F)c2)c(Cl)c1. The topological polar surface area (TPSA) is 43.1 Å². The molecule has 0 fully saturated rings. The van der Waals surface area contributed by atoms with E-state index < -0.39 is 23.3 Å². The summed E-state index contributed by atoms with van der Waals surface area (Å²) in [5, 5.41) is 0.0119. The molecule has 2 aromatic carbocycles. The van der Waals surface area contributed by atoms with Crippen LogP contribution in [0.15, 0.2) is 36.4 Å². The second-order valence-corrected chi connectivity index (χ2v) is 4.67. The van der Waals surface area contributed by atoms with Crippen LogP contribution in [0.4, 0.5) is 23.2 Å². The van der Waals surface area contributed by atoms with Crippen molar-refractivity contribution in [2.75, 3.05) is 5.73 Å². The molecule has 0 aliphatic carbocycles. The van der Waals surface area contributed by atoms with Gasteiger partial charge in [0.05, 0.1) is 10.6 Å². The van der Waals surface area contributed by atoms with Gasteiger partial charge in [-0.1, -0.05) is 11.6 Å². The number of halogens is 5. The van der Waals surface area contributed by atoms with Crippen LogP contribution in [0.3, 0.4) is 0 Å². The molecule has 0 spiro atoms. The number of carbonyl (C=O) groups is 1. The van der Waals surface area contributed by atoms with Gasteiger partial charge in [-0.2, -0.15) is 13.2 Å². The quantitative estimate of drug-likeness (QED) is 0.509. The number of carbonyl (C=O) groups excluding carboxylic acids is 1. The average Bonchev–Trinajstić information content (AvgIpc) is 2.37. The fraction of sp³-hybridized carbons (Fsp3) is 0.0714. The van der Waals surface area contributed by atoms with Crippen molar-refractivity contribution in [3.8, 4) is 0 Å². The molecule has 2 rings (SSSR count). The lowest BCUT2D eigenvalue weighted by atomic mass is 10.0. The average molecular weight is 318 g/mol. The number of nitrogens with two attached hydrogens (primary N) is 1. The predicted molar refractivity (Wildman–Crippen MR) is 70.7 cm³/mol. The molecule has 0 amide bonds. The highest BCUT2D eigenvalue weighted by Crippen LogP contribution is 2.32. The molecule has 0 heterocycles. The first kappa shape index (κ1) is 15.3. The predicted octanol–water partition coefficient (Wildman–Crippen LogP) is 4.31. The van der Waals surface area contributed by atoms with E-state index in [1.807, 2.05) is 0 Å². The zero-order valence-corrected chi connectivity index (χ0v) is 11.1. The highest BCUT2D eigenvalue weighted by molar-refractivity contribution is 6.35. The van der Waals surface area contributed by atoms with E-state index in [0.717, 1.165) is 6.07 Å². The molecule has 0 unspecified atom stereocenters. The number of benzene rings is 2. The Morgan fingerprint density at radius 2 is 1.76 bits per heavy atom. The van der Waals surface area contributed by atoms with Crippen LogP contribution >= 0.6 is 11.6 Å². The zero-order chi connectivity index (χ0) is 15.8. The minimum Gasteiger partial charge on any atom is -0.399 e. The van der Waals surface area contributed by atoms with Crippen LogP contribution in [0.5, 0.6) is 0 Å². The van der Waals surface area contributed by atoms with Gasteiger partial charge >= 0.3 is 6.18 Å². The molecule has 0 saturated heterocycles. The number of hydrogen-bond donors (Lipinski definition) is 1. The Labute approximate surface area is 122 Å². The summed E-state index contributed by atoms with van der Waals surface area (Å²) in [6.07, 6.45) is -4.88. The molecule has 21 heavy (non-hydrogen) atoms. The Kier molecular flexibility index (Phi) is 3.91. The lowest BCUT2D eigenvalue weighted by Crippen LogP contribution is -2.11. The fourth-order valence-corrected chi connectivity index (χ4v) is 2.03. The Morgan fingerprint density at radius 3 is 2.33 bits per heavy atom. The summed E-state index contributed by atoms with van der Waals surface area (Å²) in [5.41, 5.74) is 3.97. The van der Waals surface area contributed by atoms with E-state index in [1.165, 1.54) is 18.2 Å². The van der Waals surface area contributed by atoms with E-state index in [0.29, 0.717) is 17.8 Å². The lowest BCUT2D eigenvalue weighted by molar-refractivity contribution is -0.140. The van der Waals surface area contributed by atoms with Crippen molar-refractivity contribution in [3.63, 3.8) is 0 Å². The second kappa shape index (κ2) is 5.37. The lowest BCUT2D eigenvalue weighted by Gasteiger charge is -2.10.